The van der Waals surface area contributed by atoms with E-state index in [-0.39, 0.29) is 43.4 Å². The van der Waals surface area contributed by atoms with Gasteiger partial charge in [0.25, 0.3) is 0 Å². The Bertz CT molecular complexity index is 1270. The zero-order chi connectivity index (χ0) is 31.9. The van der Waals surface area contributed by atoms with Crippen molar-refractivity contribution in [2.45, 2.75) is 84.2 Å². The van der Waals surface area contributed by atoms with Gasteiger partial charge < -0.3 is 29.3 Å². The summed E-state index contributed by atoms with van der Waals surface area (Å²) in [5.74, 6) is 0.584. The van der Waals surface area contributed by atoms with Crippen molar-refractivity contribution in [1.29, 1.82) is 0 Å². The van der Waals surface area contributed by atoms with Gasteiger partial charge in [0.05, 0.1) is 19.3 Å². The lowest BCUT2D eigenvalue weighted by Gasteiger charge is -2.31. The smallest absolute Gasteiger partial charge is 0.410 e. The molecule has 0 saturated carbocycles. The predicted molar refractivity (Wildman–Crippen MR) is 166 cm³/mol. The minimum absolute atomic E-state index is 0.00797. The van der Waals surface area contributed by atoms with E-state index >= 15 is 0 Å². The van der Waals surface area contributed by atoms with E-state index in [1.165, 1.54) is 4.90 Å². The average Bonchev–Trinajstić information content (AvgIpc) is 3.41. The standard InChI is InChI=1S/C34H46FN3O6/c1-23(2)43-33(41)37-16-13-24(14-17-37)22-42-28-11-12-29(25-9-7-6-8-10-25)26(19-28)20-30(36-32(40)44-34(3,4)5)31(39)38-18-15-27(35)21-38/h6-12,19,23-24,27,30H,13-18,20-22H2,1-5H3,(H,36,40)/t27-,30-/m0/s1. The second kappa shape index (κ2) is 14.8. The molecule has 2 saturated heterocycles. The predicted octanol–water partition coefficient (Wildman–Crippen LogP) is 6.00. The molecule has 0 spiro atoms. The van der Waals surface area contributed by atoms with Crippen LogP contribution >= 0.6 is 0 Å². The number of nitrogens with one attached hydrogen (secondary N) is 1. The highest BCUT2D eigenvalue weighted by Gasteiger charge is 2.33. The quantitative estimate of drug-likeness (QED) is 0.374. The Balaban J connectivity index is 1.52. The third kappa shape index (κ3) is 9.59. The SMILES string of the molecule is CC(C)OC(=O)N1CCC(COc2ccc(-c3ccccc3)c(C[C@H](NC(=O)OC(C)(C)C)C(=O)N3CC[C@H](F)C3)c2)CC1. The molecule has 0 radical (unpaired) electrons. The minimum Gasteiger partial charge on any atom is -0.493 e. The molecule has 0 aromatic heterocycles. The summed E-state index contributed by atoms with van der Waals surface area (Å²) in [6.45, 7) is 11.0. The Hall–Kier alpha value is -3.82. The van der Waals surface area contributed by atoms with Crippen LogP contribution in [0.1, 0.15) is 59.4 Å². The molecule has 10 heteroatoms. The second-order valence-corrected chi connectivity index (χ2v) is 12.9. The van der Waals surface area contributed by atoms with Gasteiger partial charge in [-0.05, 0) is 88.6 Å². The first-order chi connectivity index (χ1) is 20.9. The van der Waals surface area contributed by atoms with Gasteiger partial charge in [0, 0.05) is 26.1 Å². The van der Waals surface area contributed by atoms with Gasteiger partial charge in [-0.3, -0.25) is 4.79 Å². The fourth-order valence-corrected chi connectivity index (χ4v) is 5.51. The third-order valence-corrected chi connectivity index (χ3v) is 7.71. The van der Waals surface area contributed by atoms with Crippen molar-refractivity contribution in [2.24, 2.45) is 5.92 Å². The number of hydrogen-bond acceptors (Lipinski definition) is 6. The summed E-state index contributed by atoms with van der Waals surface area (Å²) >= 11 is 0. The Morgan fingerprint density at radius 1 is 0.977 bits per heavy atom. The number of carbonyl (C=O) groups excluding carboxylic acids is 3. The van der Waals surface area contributed by atoms with Crippen molar-refractivity contribution in [2.75, 3.05) is 32.8 Å². The van der Waals surface area contributed by atoms with E-state index in [0.717, 1.165) is 29.5 Å². The minimum atomic E-state index is -1.08. The van der Waals surface area contributed by atoms with Crippen LogP contribution in [-0.4, -0.2) is 84.6 Å². The third-order valence-electron chi connectivity index (χ3n) is 7.71. The highest BCUT2D eigenvalue weighted by molar-refractivity contribution is 5.87. The van der Waals surface area contributed by atoms with Gasteiger partial charge in [-0.15, -0.1) is 0 Å². The lowest BCUT2D eigenvalue weighted by atomic mass is 9.94. The molecule has 1 N–H and O–H groups in total. The zero-order valence-electron chi connectivity index (χ0n) is 26.5. The summed E-state index contributed by atoms with van der Waals surface area (Å²) < 4.78 is 31.1. The molecular formula is C34H46FN3O6. The molecule has 44 heavy (non-hydrogen) atoms. The molecule has 2 fully saturated rings. The number of alkyl carbamates (subject to hydrolysis) is 1. The number of hydrogen-bond donors (Lipinski definition) is 1. The summed E-state index contributed by atoms with van der Waals surface area (Å²) in [7, 11) is 0. The molecule has 9 nitrogen and oxygen atoms in total. The van der Waals surface area contributed by atoms with Crippen molar-refractivity contribution in [3.8, 4) is 16.9 Å². The zero-order valence-corrected chi connectivity index (χ0v) is 26.5. The fraction of sp³-hybridized carbons (Fsp3) is 0.559. The van der Waals surface area contributed by atoms with E-state index in [1.54, 1.807) is 25.7 Å². The number of alkyl halides is 1. The van der Waals surface area contributed by atoms with Crippen LogP contribution in [0.3, 0.4) is 0 Å². The molecule has 0 aliphatic carbocycles. The first kappa shape index (κ1) is 33.1. The van der Waals surface area contributed by atoms with Crippen molar-refractivity contribution in [3.05, 3.63) is 54.1 Å². The molecule has 2 aliphatic rings. The lowest BCUT2D eigenvalue weighted by molar-refractivity contribution is -0.132. The molecular weight excluding hydrogens is 565 g/mol. The number of amides is 3. The Morgan fingerprint density at radius 2 is 1.66 bits per heavy atom. The molecule has 0 unspecified atom stereocenters. The number of piperidine rings is 1. The summed E-state index contributed by atoms with van der Waals surface area (Å²) in [5, 5.41) is 2.76. The number of halogens is 1. The lowest BCUT2D eigenvalue weighted by Crippen LogP contribution is -2.50. The van der Waals surface area contributed by atoms with Crippen LogP contribution in [-0.2, 0) is 20.7 Å². The van der Waals surface area contributed by atoms with Gasteiger partial charge in [0.15, 0.2) is 0 Å². The van der Waals surface area contributed by atoms with Gasteiger partial charge in [0.2, 0.25) is 5.91 Å². The van der Waals surface area contributed by atoms with Crippen LogP contribution in [0.4, 0.5) is 14.0 Å². The van der Waals surface area contributed by atoms with Gasteiger partial charge in [0.1, 0.15) is 23.6 Å². The summed E-state index contributed by atoms with van der Waals surface area (Å²) in [6, 6.07) is 14.6. The summed E-state index contributed by atoms with van der Waals surface area (Å²) in [5.41, 5.74) is 1.93. The van der Waals surface area contributed by atoms with E-state index in [4.69, 9.17) is 14.2 Å². The van der Waals surface area contributed by atoms with E-state index in [1.807, 2.05) is 62.4 Å². The van der Waals surface area contributed by atoms with Gasteiger partial charge in [-0.2, -0.15) is 0 Å². The highest BCUT2D eigenvalue weighted by Crippen LogP contribution is 2.30. The Morgan fingerprint density at radius 3 is 2.27 bits per heavy atom. The summed E-state index contributed by atoms with van der Waals surface area (Å²) in [4.78, 5) is 41.9. The summed E-state index contributed by atoms with van der Waals surface area (Å²) in [6.07, 6.45) is -0.143. The van der Waals surface area contributed by atoms with Gasteiger partial charge >= 0.3 is 12.2 Å². The molecule has 2 heterocycles. The van der Waals surface area contributed by atoms with Crippen molar-refractivity contribution in [3.63, 3.8) is 0 Å². The topological polar surface area (TPSA) is 97.4 Å². The van der Waals surface area contributed by atoms with Gasteiger partial charge in [-0.1, -0.05) is 36.4 Å². The Labute approximate surface area is 260 Å². The number of rotatable bonds is 9. The normalized spacial score (nSPS) is 18.2. The van der Waals surface area contributed by atoms with Crippen LogP contribution in [0.15, 0.2) is 48.5 Å². The van der Waals surface area contributed by atoms with Gasteiger partial charge in [-0.25, -0.2) is 14.0 Å². The highest BCUT2D eigenvalue weighted by atomic mass is 19.1. The van der Waals surface area contributed by atoms with Crippen LogP contribution in [0.5, 0.6) is 5.75 Å². The van der Waals surface area contributed by atoms with Crippen LogP contribution in [0.25, 0.3) is 11.1 Å². The van der Waals surface area contributed by atoms with Crippen molar-refractivity contribution >= 4 is 18.1 Å². The molecule has 2 aromatic carbocycles. The van der Waals surface area contributed by atoms with Crippen molar-refractivity contribution in [1.82, 2.24) is 15.1 Å². The van der Waals surface area contributed by atoms with Crippen molar-refractivity contribution < 1.29 is 33.0 Å². The molecule has 2 aromatic rings. The van der Waals surface area contributed by atoms with E-state index < -0.39 is 23.9 Å². The fourth-order valence-electron chi connectivity index (χ4n) is 5.51. The number of carbonyl (C=O) groups is 3. The molecule has 2 aliphatic heterocycles. The van der Waals surface area contributed by atoms with Crippen LogP contribution in [0, 0.1) is 5.92 Å². The number of likely N-dealkylation sites (tertiary alicyclic amines) is 2. The molecule has 4 rings (SSSR count). The Kier molecular flexibility index (Phi) is 11.1. The average molecular weight is 612 g/mol. The second-order valence-electron chi connectivity index (χ2n) is 12.9. The number of ether oxygens (including phenoxy) is 3. The maximum Gasteiger partial charge on any atom is 0.410 e. The first-order valence-electron chi connectivity index (χ1n) is 15.6. The largest absolute Gasteiger partial charge is 0.493 e. The van der Waals surface area contributed by atoms with Crippen LogP contribution in [0.2, 0.25) is 0 Å². The first-order valence-corrected chi connectivity index (χ1v) is 15.6. The molecule has 3 amide bonds. The molecule has 0 bridgehead atoms. The maximum atomic E-state index is 14.0. The molecule has 2 atom stereocenters. The number of benzene rings is 2. The maximum absolute atomic E-state index is 14.0. The van der Waals surface area contributed by atoms with E-state index in [0.29, 0.717) is 32.0 Å². The van der Waals surface area contributed by atoms with Crippen LogP contribution < -0.4 is 10.1 Å². The molecule has 240 valence electrons. The van der Waals surface area contributed by atoms with E-state index in [2.05, 4.69) is 5.32 Å². The monoisotopic (exact) mass is 611 g/mol. The number of nitrogens with zero attached hydrogens (tertiary/aromatic N) is 2. The van der Waals surface area contributed by atoms with E-state index in [9.17, 15) is 18.8 Å².